The van der Waals surface area contributed by atoms with Crippen molar-refractivity contribution in [3.63, 3.8) is 0 Å². The number of aromatic nitrogens is 1. The smallest absolute Gasteiger partial charge is 0.286 e. The van der Waals surface area contributed by atoms with Gasteiger partial charge >= 0.3 is 0 Å². The number of nitrogens with one attached hydrogen (secondary N) is 2. The number of rotatable bonds is 11. The summed E-state index contributed by atoms with van der Waals surface area (Å²) in [4.78, 5) is 38.7. The zero-order valence-corrected chi connectivity index (χ0v) is 25.4. The van der Waals surface area contributed by atoms with E-state index in [0.29, 0.717) is 36.4 Å². The van der Waals surface area contributed by atoms with Gasteiger partial charge in [-0.25, -0.2) is 0 Å². The summed E-state index contributed by atoms with van der Waals surface area (Å²) in [6.45, 7) is 3.96. The minimum absolute atomic E-state index is 0.00902. The average Bonchev–Trinajstić information content (AvgIpc) is 3.44. The van der Waals surface area contributed by atoms with E-state index in [4.69, 9.17) is 15.2 Å². The minimum atomic E-state index is -0.729. The fraction of sp³-hybridized carbons (Fsp3) is 0.286. The Morgan fingerprint density at radius 3 is 2.44 bits per heavy atom. The Hall–Kier alpha value is -4.93. The zero-order chi connectivity index (χ0) is 31.9. The second kappa shape index (κ2) is 14.2. The van der Waals surface area contributed by atoms with Crippen molar-refractivity contribution in [3.8, 4) is 0 Å². The molecule has 5 N–H and O–H groups in total. The van der Waals surface area contributed by atoms with Gasteiger partial charge < -0.3 is 30.9 Å². The lowest BCUT2D eigenvalue weighted by Crippen LogP contribution is -2.39. The fourth-order valence-electron chi connectivity index (χ4n) is 5.70. The summed E-state index contributed by atoms with van der Waals surface area (Å²) in [5, 5.41) is 16.2. The van der Waals surface area contributed by atoms with Crippen molar-refractivity contribution in [1.29, 1.82) is 0 Å². The van der Waals surface area contributed by atoms with Crippen molar-refractivity contribution in [1.82, 2.24) is 9.88 Å². The highest BCUT2D eigenvalue weighted by molar-refractivity contribution is 6.05. The second-order valence-electron chi connectivity index (χ2n) is 10.9. The molecule has 10 nitrogen and oxygen atoms in total. The van der Waals surface area contributed by atoms with Gasteiger partial charge in [-0.15, -0.1) is 0 Å². The zero-order valence-electron chi connectivity index (χ0n) is 25.4. The molecule has 0 unspecified atom stereocenters. The first-order valence-electron chi connectivity index (χ1n) is 15.1. The molecule has 0 radical (unpaired) electrons. The van der Waals surface area contributed by atoms with E-state index in [1.807, 2.05) is 37.4 Å². The van der Waals surface area contributed by atoms with Crippen LogP contribution in [0.5, 0.6) is 0 Å². The Balaban J connectivity index is 1.36. The van der Waals surface area contributed by atoms with Crippen LogP contribution in [0.4, 0.5) is 11.4 Å². The molecule has 4 aromatic rings. The number of benzene rings is 3. The van der Waals surface area contributed by atoms with E-state index >= 15 is 0 Å². The van der Waals surface area contributed by atoms with Crippen LogP contribution in [0.2, 0.25) is 0 Å². The van der Waals surface area contributed by atoms with Crippen molar-refractivity contribution in [2.45, 2.75) is 45.4 Å². The van der Waals surface area contributed by atoms with Gasteiger partial charge in [-0.2, -0.15) is 0 Å². The molecule has 5 rings (SSSR count). The number of hydrogen-bond donors (Lipinski definition) is 4. The maximum Gasteiger partial charge on any atom is 0.286 e. The number of allylic oxidation sites excluding steroid dienone is 1. The largest absolute Gasteiger partial charge is 0.459 e. The van der Waals surface area contributed by atoms with Gasteiger partial charge in [-0.1, -0.05) is 42.5 Å². The standard InChI is InChI=1S/C35H38N4O6/c1-3-44-35-26(10-8-18-40)27(28-21-39(22(2)41)31-13-7-4-9-25(28)31)19-32(45-35)34(43)37-20-23-14-16-24(17-15-23)33(42)38-30-12-6-5-11-29(30)36/h4-7,9,11-17,19,21,26-27,35,40H,3,8,10,18,20,36H2,1-2H3,(H,37,43)(H,38,42)/t26-,27+,35-/m1/s1. The van der Waals surface area contributed by atoms with Gasteiger partial charge in [0.2, 0.25) is 12.2 Å². The summed E-state index contributed by atoms with van der Waals surface area (Å²) in [5.41, 5.74) is 9.85. The highest BCUT2D eigenvalue weighted by atomic mass is 16.7. The van der Waals surface area contributed by atoms with E-state index in [1.54, 1.807) is 59.2 Å². The number of fused-ring (bicyclic) bond motifs is 1. The van der Waals surface area contributed by atoms with E-state index in [9.17, 15) is 19.5 Å². The highest BCUT2D eigenvalue weighted by Crippen LogP contribution is 2.42. The van der Waals surface area contributed by atoms with Crippen LogP contribution in [0.15, 0.2) is 90.8 Å². The van der Waals surface area contributed by atoms with Crippen molar-refractivity contribution in [2.75, 3.05) is 24.3 Å². The number of nitrogens with two attached hydrogens (primary N) is 1. The van der Waals surface area contributed by atoms with E-state index in [1.165, 1.54) is 6.92 Å². The molecule has 0 saturated heterocycles. The first-order chi connectivity index (χ1) is 21.8. The quantitative estimate of drug-likeness (QED) is 0.171. The number of carbonyl (C=O) groups excluding carboxylic acids is 3. The summed E-state index contributed by atoms with van der Waals surface area (Å²) in [6, 6.07) is 21.6. The third kappa shape index (κ3) is 7.08. The molecule has 3 aromatic carbocycles. The third-order valence-electron chi connectivity index (χ3n) is 7.95. The number of carbonyl (C=O) groups is 3. The average molecular weight is 611 g/mol. The number of aliphatic hydroxyl groups excluding tert-OH is 1. The SMILES string of the molecule is CCO[C@@H]1OC(C(=O)NCc2ccc(C(=O)Nc3ccccc3N)cc2)=C[C@H](c2cn(C(C)=O)c3ccccc23)[C@H]1CCCO. The number of hydrogen-bond acceptors (Lipinski definition) is 7. The minimum Gasteiger partial charge on any atom is -0.459 e. The molecule has 234 valence electrons. The van der Waals surface area contributed by atoms with Crippen molar-refractivity contribution in [2.24, 2.45) is 5.92 Å². The van der Waals surface area contributed by atoms with Crippen LogP contribution >= 0.6 is 0 Å². The number of nitrogens with zero attached hydrogens (tertiary/aromatic N) is 1. The highest BCUT2D eigenvalue weighted by Gasteiger charge is 2.39. The van der Waals surface area contributed by atoms with Gasteiger partial charge in [-0.3, -0.25) is 19.0 Å². The Bertz CT molecular complexity index is 1710. The number of para-hydroxylation sites is 3. The first-order valence-corrected chi connectivity index (χ1v) is 15.1. The Labute approximate surface area is 261 Å². The second-order valence-corrected chi connectivity index (χ2v) is 10.9. The Morgan fingerprint density at radius 2 is 1.73 bits per heavy atom. The first kappa shape index (κ1) is 31.5. The predicted molar refractivity (Wildman–Crippen MR) is 172 cm³/mol. The summed E-state index contributed by atoms with van der Waals surface area (Å²) in [6.07, 6.45) is 4.01. The summed E-state index contributed by atoms with van der Waals surface area (Å²) >= 11 is 0. The van der Waals surface area contributed by atoms with Gasteiger partial charge in [-0.05, 0) is 67.3 Å². The van der Waals surface area contributed by atoms with Gasteiger partial charge in [0.05, 0.1) is 16.9 Å². The molecule has 10 heteroatoms. The van der Waals surface area contributed by atoms with E-state index in [2.05, 4.69) is 10.6 Å². The maximum atomic E-state index is 13.5. The van der Waals surface area contributed by atoms with Crippen LogP contribution in [-0.4, -0.2) is 46.9 Å². The lowest BCUT2D eigenvalue weighted by atomic mass is 9.80. The number of ether oxygens (including phenoxy) is 2. The summed E-state index contributed by atoms with van der Waals surface area (Å²) in [5.74, 6) is -1.22. The molecule has 1 aliphatic heterocycles. The summed E-state index contributed by atoms with van der Waals surface area (Å²) in [7, 11) is 0. The Morgan fingerprint density at radius 1 is 1.00 bits per heavy atom. The molecule has 0 saturated carbocycles. The molecule has 3 atom stereocenters. The molecule has 2 amide bonds. The molecule has 2 heterocycles. The normalized spacial score (nSPS) is 17.8. The topological polar surface area (TPSA) is 145 Å². The molecule has 45 heavy (non-hydrogen) atoms. The van der Waals surface area contributed by atoms with Crippen molar-refractivity contribution < 1.29 is 29.0 Å². The lowest BCUT2D eigenvalue weighted by Gasteiger charge is -2.36. The van der Waals surface area contributed by atoms with Gasteiger partial charge in [0.15, 0.2) is 5.76 Å². The number of anilines is 2. The molecule has 0 bridgehead atoms. The van der Waals surface area contributed by atoms with Crippen LogP contribution in [0.1, 0.15) is 58.9 Å². The van der Waals surface area contributed by atoms with Crippen LogP contribution in [0, 0.1) is 5.92 Å². The van der Waals surface area contributed by atoms with Crippen LogP contribution in [0.25, 0.3) is 10.9 Å². The molecule has 1 aliphatic rings. The fourth-order valence-corrected chi connectivity index (χ4v) is 5.70. The predicted octanol–water partition coefficient (Wildman–Crippen LogP) is 5.20. The van der Waals surface area contributed by atoms with Crippen LogP contribution in [-0.2, 0) is 20.8 Å². The van der Waals surface area contributed by atoms with Gasteiger partial charge in [0.1, 0.15) is 0 Å². The van der Waals surface area contributed by atoms with E-state index in [-0.39, 0.29) is 42.6 Å². The molecule has 0 spiro atoms. The van der Waals surface area contributed by atoms with E-state index < -0.39 is 12.2 Å². The lowest BCUT2D eigenvalue weighted by molar-refractivity contribution is -0.166. The van der Waals surface area contributed by atoms with E-state index in [0.717, 1.165) is 22.0 Å². The maximum absolute atomic E-state index is 13.5. The molecular formula is C35H38N4O6. The number of aliphatic hydroxyl groups is 1. The third-order valence-corrected chi connectivity index (χ3v) is 7.95. The number of amides is 2. The summed E-state index contributed by atoms with van der Waals surface area (Å²) < 4.78 is 13.7. The van der Waals surface area contributed by atoms with Crippen LogP contribution in [0.3, 0.4) is 0 Å². The molecule has 1 aromatic heterocycles. The van der Waals surface area contributed by atoms with Crippen molar-refractivity contribution >= 4 is 40.0 Å². The Kier molecular flexibility index (Phi) is 9.96. The van der Waals surface area contributed by atoms with Crippen molar-refractivity contribution in [3.05, 3.63) is 108 Å². The molecule has 0 fully saturated rings. The van der Waals surface area contributed by atoms with Gasteiger partial charge in [0.25, 0.3) is 11.8 Å². The molecular weight excluding hydrogens is 572 g/mol. The monoisotopic (exact) mass is 610 g/mol. The van der Waals surface area contributed by atoms with Gasteiger partial charge in [0, 0.05) is 55.7 Å². The number of nitrogen functional groups attached to an aromatic ring is 1. The molecule has 0 aliphatic carbocycles. The van der Waals surface area contributed by atoms with Crippen LogP contribution < -0.4 is 16.4 Å².